The number of nitrogens with zero attached hydrogens (tertiary/aromatic N) is 3. The lowest BCUT2D eigenvalue weighted by atomic mass is 10.0. The number of nitrogens with one attached hydrogen (secondary N) is 2. The fraction of sp³-hybridized carbons (Fsp3) is 0.148. The molecule has 1 atom stereocenters. The summed E-state index contributed by atoms with van der Waals surface area (Å²) in [6, 6.07) is 23.4. The van der Waals surface area contributed by atoms with Gasteiger partial charge in [-0.25, -0.2) is 4.99 Å². The molecule has 8 nitrogen and oxygen atoms in total. The average molecular weight is 467 g/mol. The topological polar surface area (TPSA) is 137 Å². The van der Waals surface area contributed by atoms with Crippen molar-refractivity contribution in [3.05, 3.63) is 101 Å². The van der Waals surface area contributed by atoms with Crippen molar-refractivity contribution in [2.45, 2.75) is 26.9 Å². The van der Waals surface area contributed by atoms with Gasteiger partial charge in [0.25, 0.3) is 11.9 Å². The summed E-state index contributed by atoms with van der Waals surface area (Å²) in [4.78, 5) is 21.6. The van der Waals surface area contributed by atoms with Gasteiger partial charge in [0, 0.05) is 16.7 Å². The highest BCUT2D eigenvalue weighted by Gasteiger charge is 2.26. The maximum absolute atomic E-state index is 12.8. The van der Waals surface area contributed by atoms with E-state index in [4.69, 9.17) is 21.1 Å². The fourth-order valence-corrected chi connectivity index (χ4v) is 3.40. The van der Waals surface area contributed by atoms with E-state index >= 15 is 0 Å². The maximum Gasteiger partial charge on any atom is 0.291 e. The van der Waals surface area contributed by atoms with Crippen LogP contribution in [-0.2, 0) is 9.53 Å². The molecule has 0 saturated heterocycles. The minimum Gasteiger partial charge on any atom is -0.407 e. The monoisotopic (exact) mass is 466 g/mol. The summed E-state index contributed by atoms with van der Waals surface area (Å²) in [6.07, 6.45) is -1.21. The summed E-state index contributed by atoms with van der Waals surface area (Å²) in [7, 11) is 0. The molecule has 1 aliphatic rings. The molecular formula is C27H26N6O2. The molecule has 3 aromatic carbocycles. The molecule has 1 unspecified atom stereocenters. The quantitative estimate of drug-likeness (QED) is 0.390. The molecule has 0 bridgehead atoms. The number of benzene rings is 3. The van der Waals surface area contributed by atoms with E-state index in [1.165, 1.54) is 0 Å². The normalized spacial score (nSPS) is 14.7. The van der Waals surface area contributed by atoms with E-state index in [0.717, 1.165) is 11.1 Å². The molecule has 0 fully saturated rings. The summed E-state index contributed by atoms with van der Waals surface area (Å²) in [5.41, 5.74) is 10.3. The van der Waals surface area contributed by atoms with Crippen LogP contribution in [0.4, 0.5) is 5.69 Å². The van der Waals surface area contributed by atoms with E-state index in [2.05, 4.69) is 21.4 Å². The minimum atomic E-state index is -1.21. The number of hydrogen-bond donors (Lipinski definition) is 3. The second-order valence-corrected chi connectivity index (χ2v) is 7.29. The lowest BCUT2D eigenvalue weighted by molar-refractivity contribution is -0.117. The number of rotatable bonds is 3. The van der Waals surface area contributed by atoms with Crippen LogP contribution in [0.15, 0.2) is 82.8 Å². The first kappa shape index (κ1) is 24.9. The predicted molar refractivity (Wildman–Crippen MR) is 138 cm³/mol. The van der Waals surface area contributed by atoms with Gasteiger partial charge in [-0.2, -0.15) is 10.3 Å². The number of aryl methyl sites for hydroxylation is 1. The zero-order valence-electron chi connectivity index (χ0n) is 19.7. The first-order valence-corrected chi connectivity index (χ1v) is 11.1. The third-order valence-corrected chi connectivity index (χ3v) is 5.04. The van der Waals surface area contributed by atoms with Crippen molar-refractivity contribution in [1.82, 2.24) is 0 Å². The summed E-state index contributed by atoms with van der Waals surface area (Å²) in [6.45, 7) is 5.76. The Hall–Kier alpha value is -4.77. The zero-order valence-corrected chi connectivity index (χ0v) is 19.7. The van der Waals surface area contributed by atoms with Crippen LogP contribution in [0.1, 0.15) is 41.7 Å². The lowest BCUT2D eigenvalue weighted by Crippen LogP contribution is -2.29. The molecule has 1 amide bonds. The largest absolute Gasteiger partial charge is 0.407 e. The van der Waals surface area contributed by atoms with Gasteiger partial charge in [-0.15, -0.1) is 0 Å². The SMILES string of the molecule is CC.Cc1cc(C(=N)O/C(N)=N/C2N=C(c3ccccc3)c3ccccc3NC2=O)ccc1C#N. The molecule has 0 aliphatic carbocycles. The average Bonchev–Trinajstić information content (AvgIpc) is 3.01. The number of ether oxygens (including phenoxy) is 1. The third-order valence-electron chi connectivity index (χ3n) is 5.04. The van der Waals surface area contributed by atoms with Gasteiger partial charge >= 0.3 is 0 Å². The Kier molecular flexibility index (Phi) is 8.09. The number of para-hydroxylation sites is 1. The van der Waals surface area contributed by atoms with Crippen LogP contribution in [0.3, 0.4) is 0 Å². The van der Waals surface area contributed by atoms with Crippen molar-refractivity contribution in [2.24, 2.45) is 15.7 Å². The molecule has 4 rings (SSSR count). The summed E-state index contributed by atoms with van der Waals surface area (Å²) in [5, 5.41) is 20.1. The van der Waals surface area contributed by atoms with Crippen LogP contribution in [0.5, 0.6) is 0 Å². The van der Waals surface area contributed by atoms with Crippen LogP contribution >= 0.6 is 0 Å². The predicted octanol–water partition coefficient (Wildman–Crippen LogP) is 4.37. The second kappa shape index (κ2) is 11.4. The standard InChI is InChI=1S/C25H20N6O2.C2H6/c1-15-13-17(11-12-18(15)14-26)22(27)33-25(28)31-23-24(32)29-20-10-6-5-9-19(20)21(30-23)16-7-3-2-4-8-16;1-2/h2-13,23,27H,1H3,(H2,28,31)(H,29,32);1-2H3. The second-order valence-electron chi connectivity index (χ2n) is 7.29. The summed E-state index contributed by atoms with van der Waals surface area (Å²) in [5.74, 6) is -0.728. The Labute approximate surface area is 204 Å². The molecule has 0 saturated carbocycles. The Morgan fingerprint density at radius 2 is 1.80 bits per heavy atom. The van der Waals surface area contributed by atoms with E-state index in [1.54, 1.807) is 31.2 Å². The minimum absolute atomic E-state index is 0.256. The first-order valence-electron chi connectivity index (χ1n) is 11.1. The van der Waals surface area contributed by atoms with Crippen molar-refractivity contribution in [2.75, 3.05) is 5.32 Å². The highest BCUT2D eigenvalue weighted by molar-refractivity contribution is 6.19. The number of anilines is 1. The van der Waals surface area contributed by atoms with E-state index in [-0.39, 0.29) is 11.9 Å². The zero-order chi connectivity index (χ0) is 25.4. The number of amides is 1. The van der Waals surface area contributed by atoms with Gasteiger partial charge < -0.3 is 15.8 Å². The van der Waals surface area contributed by atoms with Crippen LogP contribution in [0, 0.1) is 23.7 Å². The van der Waals surface area contributed by atoms with Crippen LogP contribution in [0.2, 0.25) is 0 Å². The number of hydrogen-bond acceptors (Lipinski definition) is 6. The molecule has 0 spiro atoms. The van der Waals surface area contributed by atoms with E-state index in [9.17, 15) is 4.79 Å². The van der Waals surface area contributed by atoms with Crippen molar-refractivity contribution in [3.63, 3.8) is 0 Å². The Bertz CT molecular complexity index is 1340. The highest BCUT2D eigenvalue weighted by atomic mass is 16.5. The van der Waals surface area contributed by atoms with Gasteiger partial charge in [-0.3, -0.25) is 10.2 Å². The number of benzodiazepines with no additional fused rings is 1. The van der Waals surface area contributed by atoms with E-state index in [0.29, 0.717) is 28.1 Å². The van der Waals surface area contributed by atoms with E-state index < -0.39 is 12.1 Å². The molecule has 4 N–H and O–H groups in total. The first-order chi connectivity index (χ1) is 17.0. The molecular weight excluding hydrogens is 440 g/mol. The van der Waals surface area contributed by atoms with Crippen molar-refractivity contribution in [3.8, 4) is 6.07 Å². The molecule has 0 radical (unpaired) electrons. The number of carbonyl (C=O) groups excluding carboxylic acids is 1. The number of nitriles is 1. The molecule has 1 heterocycles. The molecule has 176 valence electrons. The number of carbonyl (C=O) groups is 1. The van der Waals surface area contributed by atoms with Crippen LogP contribution < -0.4 is 11.1 Å². The third kappa shape index (κ3) is 5.78. The van der Waals surface area contributed by atoms with Crippen LogP contribution in [0.25, 0.3) is 0 Å². The van der Waals surface area contributed by atoms with Gasteiger partial charge in [-0.05, 0) is 36.8 Å². The van der Waals surface area contributed by atoms with Gasteiger partial charge in [0.05, 0.1) is 23.0 Å². The van der Waals surface area contributed by atoms with Gasteiger partial charge in [0.1, 0.15) is 0 Å². The number of amidine groups is 1. The molecule has 8 heteroatoms. The Morgan fingerprint density at radius 1 is 1.11 bits per heavy atom. The smallest absolute Gasteiger partial charge is 0.291 e. The summed E-state index contributed by atoms with van der Waals surface area (Å²) >= 11 is 0. The Morgan fingerprint density at radius 3 is 2.49 bits per heavy atom. The van der Waals surface area contributed by atoms with Crippen molar-refractivity contribution < 1.29 is 9.53 Å². The highest BCUT2D eigenvalue weighted by Crippen LogP contribution is 2.24. The van der Waals surface area contributed by atoms with Crippen molar-refractivity contribution in [1.29, 1.82) is 10.7 Å². The van der Waals surface area contributed by atoms with Gasteiger partial charge in [0.2, 0.25) is 12.1 Å². The van der Waals surface area contributed by atoms with Crippen molar-refractivity contribution >= 4 is 29.2 Å². The number of nitrogens with two attached hydrogens (primary N) is 1. The molecule has 0 aromatic heterocycles. The fourth-order valence-electron chi connectivity index (χ4n) is 3.40. The lowest BCUT2D eigenvalue weighted by Gasteiger charge is -2.10. The van der Waals surface area contributed by atoms with Gasteiger partial charge in [-0.1, -0.05) is 62.4 Å². The van der Waals surface area contributed by atoms with E-state index in [1.807, 2.05) is 62.4 Å². The molecule has 3 aromatic rings. The van der Waals surface area contributed by atoms with Gasteiger partial charge in [0.15, 0.2) is 0 Å². The van der Waals surface area contributed by atoms with Crippen LogP contribution in [-0.4, -0.2) is 29.7 Å². The summed E-state index contributed by atoms with van der Waals surface area (Å²) < 4.78 is 5.35. The number of aliphatic imine (C=N–C) groups is 2. The maximum atomic E-state index is 12.8. The molecule has 35 heavy (non-hydrogen) atoms. The molecule has 1 aliphatic heterocycles. The number of fused-ring (bicyclic) bond motifs is 1. The Balaban J connectivity index is 0.00000167.